The molecular weight excluding hydrogens is 358 g/mol. The van der Waals surface area contributed by atoms with Gasteiger partial charge in [-0.25, -0.2) is 0 Å². The summed E-state index contributed by atoms with van der Waals surface area (Å²) in [4.78, 5) is 15.5. The van der Waals surface area contributed by atoms with Gasteiger partial charge >= 0.3 is 0 Å². The molecule has 3 nitrogen and oxygen atoms in total. The van der Waals surface area contributed by atoms with E-state index in [1.807, 2.05) is 35.2 Å². The zero-order chi connectivity index (χ0) is 20.1. The van der Waals surface area contributed by atoms with Crippen molar-refractivity contribution in [2.45, 2.75) is 57.0 Å². The molecule has 0 spiro atoms. The molecular formula is C26H33NO2. The van der Waals surface area contributed by atoms with Gasteiger partial charge in [0, 0.05) is 19.0 Å². The van der Waals surface area contributed by atoms with E-state index in [0.717, 1.165) is 63.6 Å². The molecule has 1 N–H and O–H groups in total. The summed E-state index contributed by atoms with van der Waals surface area (Å²) in [5, 5.41) is 11.7. The minimum atomic E-state index is -1.37. The molecule has 1 amide bonds. The number of hydrogen-bond donors (Lipinski definition) is 1. The van der Waals surface area contributed by atoms with Gasteiger partial charge in [-0.15, -0.1) is 0 Å². The highest BCUT2D eigenvalue weighted by atomic mass is 16.3. The number of likely N-dealkylation sites (tertiary alicyclic amines) is 1. The molecule has 3 heteroatoms. The van der Waals surface area contributed by atoms with Crippen molar-refractivity contribution in [3.05, 3.63) is 71.8 Å². The van der Waals surface area contributed by atoms with Gasteiger partial charge in [-0.05, 0) is 55.6 Å². The lowest BCUT2D eigenvalue weighted by Gasteiger charge is -2.40. The van der Waals surface area contributed by atoms with Crippen molar-refractivity contribution in [2.24, 2.45) is 11.8 Å². The standard InChI is InChI=1S/C26H33NO2/c28-25(26(29,24-13-7-8-14-24)23-11-5-2-6-12-23)27-19-17-22(18-20-27)16-15-21-9-3-1-4-10-21/h1-6,9-12,22,24,29H,7-8,13-20H2. The monoisotopic (exact) mass is 391 g/mol. The lowest BCUT2D eigenvalue weighted by molar-refractivity contribution is -0.160. The van der Waals surface area contributed by atoms with Crippen LogP contribution in [0.1, 0.15) is 56.1 Å². The Hall–Kier alpha value is -2.13. The summed E-state index contributed by atoms with van der Waals surface area (Å²) in [6.45, 7) is 1.53. The number of carbonyl (C=O) groups excluding carboxylic acids is 1. The van der Waals surface area contributed by atoms with Gasteiger partial charge in [0.2, 0.25) is 0 Å². The molecule has 1 heterocycles. The smallest absolute Gasteiger partial charge is 0.259 e. The number of amides is 1. The summed E-state index contributed by atoms with van der Waals surface area (Å²) in [5.41, 5.74) is 0.794. The van der Waals surface area contributed by atoms with Crippen LogP contribution in [-0.2, 0) is 16.8 Å². The fourth-order valence-corrected chi connectivity index (χ4v) is 5.25. The predicted molar refractivity (Wildman–Crippen MR) is 116 cm³/mol. The van der Waals surface area contributed by atoms with Crippen molar-refractivity contribution in [1.82, 2.24) is 4.90 Å². The molecule has 0 radical (unpaired) electrons. The Kier molecular flexibility index (Phi) is 6.34. The molecule has 1 aliphatic carbocycles. The highest BCUT2D eigenvalue weighted by molar-refractivity contribution is 5.87. The van der Waals surface area contributed by atoms with Crippen molar-refractivity contribution in [1.29, 1.82) is 0 Å². The first-order valence-electron chi connectivity index (χ1n) is 11.3. The van der Waals surface area contributed by atoms with Crippen LogP contribution in [0.25, 0.3) is 0 Å². The Balaban J connectivity index is 1.40. The Labute approximate surface area is 174 Å². The van der Waals surface area contributed by atoms with Crippen LogP contribution in [0.3, 0.4) is 0 Å². The second kappa shape index (κ2) is 9.13. The van der Waals surface area contributed by atoms with Crippen LogP contribution in [0.5, 0.6) is 0 Å². The van der Waals surface area contributed by atoms with Crippen molar-refractivity contribution in [2.75, 3.05) is 13.1 Å². The average Bonchev–Trinajstić information content (AvgIpc) is 3.34. The van der Waals surface area contributed by atoms with E-state index in [0.29, 0.717) is 5.92 Å². The zero-order valence-corrected chi connectivity index (χ0v) is 17.3. The molecule has 29 heavy (non-hydrogen) atoms. The number of carbonyl (C=O) groups is 1. The second-order valence-corrected chi connectivity index (χ2v) is 8.87. The zero-order valence-electron chi connectivity index (χ0n) is 17.3. The van der Waals surface area contributed by atoms with Crippen LogP contribution in [-0.4, -0.2) is 29.0 Å². The van der Waals surface area contributed by atoms with E-state index in [1.54, 1.807) is 0 Å². The van der Waals surface area contributed by atoms with Crippen molar-refractivity contribution < 1.29 is 9.90 Å². The number of piperidine rings is 1. The summed E-state index contributed by atoms with van der Waals surface area (Å²) in [6, 6.07) is 20.3. The topological polar surface area (TPSA) is 40.5 Å². The van der Waals surface area contributed by atoms with Gasteiger partial charge in [-0.2, -0.15) is 0 Å². The number of benzene rings is 2. The van der Waals surface area contributed by atoms with E-state index >= 15 is 0 Å². The first-order chi connectivity index (χ1) is 14.2. The number of aliphatic hydroxyl groups is 1. The Bertz CT molecular complexity index is 777. The molecule has 1 saturated carbocycles. The fourth-order valence-electron chi connectivity index (χ4n) is 5.25. The van der Waals surface area contributed by atoms with E-state index in [-0.39, 0.29) is 11.8 Å². The van der Waals surface area contributed by atoms with Crippen LogP contribution in [0, 0.1) is 11.8 Å². The number of aryl methyl sites for hydroxylation is 1. The highest BCUT2D eigenvalue weighted by Crippen LogP contribution is 2.42. The van der Waals surface area contributed by atoms with Crippen LogP contribution in [0.15, 0.2) is 60.7 Å². The van der Waals surface area contributed by atoms with Crippen LogP contribution < -0.4 is 0 Å². The number of nitrogens with zero attached hydrogens (tertiary/aromatic N) is 1. The van der Waals surface area contributed by atoms with Gasteiger partial charge in [0.15, 0.2) is 5.60 Å². The second-order valence-electron chi connectivity index (χ2n) is 8.87. The first-order valence-corrected chi connectivity index (χ1v) is 11.3. The Morgan fingerprint density at radius 2 is 1.48 bits per heavy atom. The maximum absolute atomic E-state index is 13.6. The quantitative estimate of drug-likeness (QED) is 0.758. The maximum atomic E-state index is 13.6. The Morgan fingerprint density at radius 3 is 2.10 bits per heavy atom. The van der Waals surface area contributed by atoms with E-state index < -0.39 is 5.60 Å². The van der Waals surface area contributed by atoms with Crippen molar-refractivity contribution >= 4 is 5.91 Å². The van der Waals surface area contributed by atoms with E-state index in [4.69, 9.17) is 0 Å². The summed E-state index contributed by atoms with van der Waals surface area (Å²) in [5.74, 6) is 0.626. The first kappa shape index (κ1) is 20.2. The molecule has 1 atom stereocenters. The van der Waals surface area contributed by atoms with Crippen molar-refractivity contribution in [3.8, 4) is 0 Å². The molecule has 154 valence electrons. The molecule has 2 aromatic rings. The lowest BCUT2D eigenvalue weighted by Crippen LogP contribution is -2.53. The molecule has 2 fully saturated rings. The third kappa shape index (κ3) is 4.40. The molecule has 0 aromatic heterocycles. The number of rotatable bonds is 6. The van der Waals surface area contributed by atoms with Gasteiger partial charge in [0.25, 0.3) is 5.91 Å². The van der Waals surface area contributed by atoms with Crippen LogP contribution in [0.2, 0.25) is 0 Å². The summed E-state index contributed by atoms with van der Waals surface area (Å²) in [7, 11) is 0. The van der Waals surface area contributed by atoms with Gasteiger partial charge in [0.1, 0.15) is 0 Å². The summed E-state index contributed by atoms with van der Waals surface area (Å²) < 4.78 is 0. The van der Waals surface area contributed by atoms with Gasteiger partial charge in [-0.3, -0.25) is 4.79 Å². The van der Waals surface area contributed by atoms with Crippen molar-refractivity contribution in [3.63, 3.8) is 0 Å². The van der Waals surface area contributed by atoms with E-state index in [9.17, 15) is 9.90 Å². The highest BCUT2D eigenvalue weighted by Gasteiger charge is 2.48. The molecule has 2 aliphatic rings. The third-order valence-electron chi connectivity index (χ3n) is 7.07. The predicted octanol–water partition coefficient (Wildman–Crippen LogP) is 4.94. The van der Waals surface area contributed by atoms with Gasteiger partial charge in [-0.1, -0.05) is 73.5 Å². The minimum Gasteiger partial charge on any atom is -0.375 e. The molecule has 1 unspecified atom stereocenters. The third-order valence-corrected chi connectivity index (χ3v) is 7.07. The lowest BCUT2D eigenvalue weighted by atomic mass is 9.78. The van der Waals surface area contributed by atoms with Gasteiger partial charge in [0.05, 0.1) is 0 Å². The molecule has 2 aromatic carbocycles. The average molecular weight is 392 g/mol. The molecule has 0 bridgehead atoms. The minimum absolute atomic E-state index is 0.0354. The molecule has 1 saturated heterocycles. The maximum Gasteiger partial charge on any atom is 0.259 e. The summed E-state index contributed by atoms with van der Waals surface area (Å²) in [6.07, 6.45) is 8.44. The van der Waals surface area contributed by atoms with Gasteiger partial charge < -0.3 is 10.0 Å². The normalized spacial score (nSPS) is 20.5. The molecule has 1 aliphatic heterocycles. The Morgan fingerprint density at radius 1 is 0.897 bits per heavy atom. The van der Waals surface area contributed by atoms with E-state index in [1.165, 1.54) is 12.0 Å². The molecule has 4 rings (SSSR count). The van der Waals surface area contributed by atoms with Crippen LogP contribution >= 0.6 is 0 Å². The van der Waals surface area contributed by atoms with E-state index in [2.05, 4.69) is 30.3 Å². The fraction of sp³-hybridized carbons (Fsp3) is 0.500. The SMILES string of the molecule is O=C(N1CCC(CCc2ccccc2)CC1)C(O)(c1ccccc1)C1CCCC1. The number of hydrogen-bond acceptors (Lipinski definition) is 2. The van der Waals surface area contributed by atoms with Crippen LogP contribution in [0.4, 0.5) is 0 Å². The summed E-state index contributed by atoms with van der Waals surface area (Å²) >= 11 is 0. The largest absolute Gasteiger partial charge is 0.375 e.